The Morgan fingerprint density at radius 1 is 1.38 bits per heavy atom. The molecule has 0 aliphatic rings. The van der Waals surface area contributed by atoms with Crippen LogP contribution in [0.3, 0.4) is 0 Å². The minimum absolute atomic E-state index is 0.517. The smallest absolute Gasteiger partial charge is 0.0496 e. The molecular weight excluding hydrogens is 218 g/mol. The summed E-state index contributed by atoms with van der Waals surface area (Å²) < 4.78 is 0. The first-order valence-corrected chi connectivity index (χ1v) is 6.32. The third kappa shape index (κ3) is 3.97. The normalized spacial score (nSPS) is 11.6. The first kappa shape index (κ1) is 13.2. The van der Waals surface area contributed by atoms with E-state index in [4.69, 9.17) is 11.6 Å². The Bertz CT molecular complexity index is 356. The minimum Gasteiger partial charge on any atom is -0.293 e. The van der Waals surface area contributed by atoms with Crippen molar-refractivity contribution in [2.24, 2.45) is 4.99 Å². The molecule has 0 radical (unpaired) electrons. The van der Waals surface area contributed by atoms with Crippen LogP contribution in [0.4, 0.5) is 0 Å². The van der Waals surface area contributed by atoms with E-state index in [1.807, 2.05) is 18.3 Å². The zero-order valence-corrected chi connectivity index (χ0v) is 11.1. The fraction of sp³-hybridized carbons (Fsp3) is 0.500. The molecular formula is C14H20ClN. The highest BCUT2D eigenvalue weighted by atomic mass is 35.5. The predicted octanol–water partition coefficient (Wildman–Crippen LogP) is 4.68. The van der Waals surface area contributed by atoms with Crippen LogP contribution in [-0.2, 0) is 0 Å². The van der Waals surface area contributed by atoms with Crippen molar-refractivity contribution < 1.29 is 0 Å². The molecule has 2 heteroatoms. The van der Waals surface area contributed by atoms with E-state index in [0.29, 0.717) is 5.92 Å². The Labute approximate surface area is 104 Å². The van der Waals surface area contributed by atoms with Crippen molar-refractivity contribution >= 4 is 17.8 Å². The lowest BCUT2D eigenvalue weighted by atomic mass is 10.0. The predicted molar refractivity (Wildman–Crippen MR) is 72.9 cm³/mol. The van der Waals surface area contributed by atoms with Crippen LogP contribution in [-0.4, -0.2) is 12.8 Å². The summed E-state index contributed by atoms with van der Waals surface area (Å²) in [6.07, 6.45) is 4.19. The quantitative estimate of drug-likeness (QED) is 0.521. The van der Waals surface area contributed by atoms with Crippen LogP contribution in [0, 0.1) is 0 Å². The summed E-state index contributed by atoms with van der Waals surface area (Å²) in [7, 11) is 0. The van der Waals surface area contributed by atoms with Crippen molar-refractivity contribution in [3.8, 4) is 0 Å². The van der Waals surface area contributed by atoms with E-state index in [1.165, 1.54) is 12.0 Å². The maximum atomic E-state index is 6.20. The Hall–Kier alpha value is -0.820. The Balaban J connectivity index is 2.71. The summed E-state index contributed by atoms with van der Waals surface area (Å²) in [6, 6.07) is 6.21. The number of aliphatic imine (C=N–C) groups is 1. The number of hydrogen-bond donors (Lipinski definition) is 0. The maximum absolute atomic E-state index is 6.20. The summed E-state index contributed by atoms with van der Waals surface area (Å²) in [5.41, 5.74) is 2.29. The molecule has 0 saturated carbocycles. The van der Waals surface area contributed by atoms with Gasteiger partial charge in [0.05, 0.1) is 0 Å². The molecule has 0 heterocycles. The number of unbranched alkanes of at least 4 members (excludes halogenated alkanes) is 1. The molecule has 88 valence electrons. The van der Waals surface area contributed by atoms with Crippen molar-refractivity contribution in [1.82, 2.24) is 0 Å². The highest BCUT2D eigenvalue weighted by molar-refractivity contribution is 6.33. The lowest BCUT2D eigenvalue weighted by Crippen LogP contribution is -1.91. The van der Waals surface area contributed by atoms with Crippen LogP contribution >= 0.6 is 11.6 Å². The van der Waals surface area contributed by atoms with Crippen molar-refractivity contribution in [2.45, 2.75) is 39.5 Å². The highest BCUT2D eigenvalue weighted by Crippen LogP contribution is 2.21. The minimum atomic E-state index is 0.517. The van der Waals surface area contributed by atoms with Gasteiger partial charge in [0.25, 0.3) is 0 Å². The molecule has 0 amide bonds. The van der Waals surface area contributed by atoms with Gasteiger partial charge in [0.1, 0.15) is 0 Å². The van der Waals surface area contributed by atoms with Gasteiger partial charge in [0, 0.05) is 23.3 Å². The van der Waals surface area contributed by atoms with Crippen LogP contribution in [0.1, 0.15) is 50.7 Å². The van der Waals surface area contributed by atoms with Gasteiger partial charge in [0.2, 0.25) is 0 Å². The van der Waals surface area contributed by atoms with E-state index in [1.54, 1.807) is 0 Å². The highest BCUT2D eigenvalue weighted by Gasteiger charge is 2.02. The van der Waals surface area contributed by atoms with E-state index in [-0.39, 0.29) is 0 Å². The molecule has 1 aromatic rings. The number of hydrogen-bond acceptors (Lipinski definition) is 1. The molecule has 1 rings (SSSR count). The molecule has 0 unspecified atom stereocenters. The molecule has 0 N–H and O–H groups in total. The SMILES string of the molecule is CCCCN=Cc1ccc(C(C)C)cc1Cl. The molecule has 0 aliphatic heterocycles. The van der Waals surface area contributed by atoms with Gasteiger partial charge in [0.15, 0.2) is 0 Å². The lowest BCUT2D eigenvalue weighted by Gasteiger charge is -2.06. The maximum Gasteiger partial charge on any atom is 0.0496 e. The largest absolute Gasteiger partial charge is 0.293 e. The zero-order chi connectivity index (χ0) is 12.0. The Morgan fingerprint density at radius 3 is 2.69 bits per heavy atom. The molecule has 0 aliphatic carbocycles. The molecule has 0 bridgehead atoms. The average molecular weight is 238 g/mol. The number of halogens is 1. The first-order valence-electron chi connectivity index (χ1n) is 5.94. The second-order valence-electron chi connectivity index (χ2n) is 4.32. The first-order chi connectivity index (χ1) is 7.65. The van der Waals surface area contributed by atoms with Gasteiger partial charge in [-0.15, -0.1) is 0 Å². The van der Waals surface area contributed by atoms with E-state index in [2.05, 4.69) is 31.8 Å². The molecule has 0 saturated heterocycles. The fourth-order valence-corrected chi connectivity index (χ4v) is 1.66. The average Bonchev–Trinajstić information content (AvgIpc) is 2.26. The van der Waals surface area contributed by atoms with Crippen molar-refractivity contribution in [2.75, 3.05) is 6.54 Å². The van der Waals surface area contributed by atoms with Crippen molar-refractivity contribution in [3.63, 3.8) is 0 Å². The molecule has 0 fully saturated rings. The van der Waals surface area contributed by atoms with Gasteiger partial charge in [-0.2, -0.15) is 0 Å². The summed E-state index contributed by atoms with van der Waals surface area (Å²) in [5, 5.41) is 0.798. The van der Waals surface area contributed by atoms with Gasteiger partial charge in [-0.05, 0) is 24.0 Å². The van der Waals surface area contributed by atoms with Gasteiger partial charge in [-0.3, -0.25) is 4.99 Å². The second-order valence-corrected chi connectivity index (χ2v) is 4.73. The van der Waals surface area contributed by atoms with Crippen molar-refractivity contribution in [3.05, 3.63) is 34.3 Å². The van der Waals surface area contributed by atoms with E-state index >= 15 is 0 Å². The monoisotopic (exact) mass is 237 g/mol. The van der Waals surface area contributed by atoms with Crippen LogP contribution in [0.15, 0.2) is 23.2 Å². The van der Waals surface area contributed by atoms with Crippen LogP contribution < -0.4 is 0 Å². The number of nitrogens with zero attached hydrogens (tertiary/aromatic N) is 1. The fourth-order valence-electron chi connectivity index (χ4n) is 1.42. The van der Waals surface area contributed by atoms with E-state index < -0.39 is 0 Å². The van der Waals surface area contributed by atoms with E-state index in [0.717, 1.165) is 23.6 Å². The van der Waals surface area contributed by atoms with Crippen LogP contribution in [0.2, 0.25) is 5.02 Å². The zero-order valence-electron chi connectivity index (χ0n) is 10.3. The van der Waals surface area contributed by atoms with Gasteiger partial charge < -0.3 is 0 Å². The number of rotatable bonds is 5. The third-order valence-electron chi connectivity index (χ3n) is 2.56. The van der Waals surface area contributed by atoms with Crippen LogP contribution in [0.5, 0.6) is 0 Å². The molecule has 0 aromatic heterocycles. The molecule has 1 aromatic carbocycles. The summed E-state index contributed by atoms with van der Waals surface area (Å²) in [6.45, 7) is 7.39. The molecule has 1 nitrogen and oxygen atoms in total. The summed E-state index contributed by atoms with van der Waals surface area (Å²) in [4.78, 5) is 4.36. The van der Waals surface area contributed by atoms with Gasteiger partial charge >= 0.3 is 0 Å². The second kappa shape index (κ2) is 6.70. The molecule has 0 atom stereocenters. The summed E-state index contributed by atoms with van der Waals surface area (Å²) >= 11 is 6.20. The molecule has 16 heavy (non-hydrogen) atoms. The third-order valence-corrected chi connectivity index (χ3v) is 2.89. The standard InChI is InChI=1S/C14H20ClN/c1-4-5-8-16-10-13-7-6-12(11(2)3)9-14(13)15/h6-7,9-11H,4-5,8H2,1-3H3. The van der Waals surface area contributed by atoms with Crippen molar-refractivity contribution in [1.29, 1.82) is 0 Å². The lowest BCUT2D eigenvalue weighted by molar-refractivity contribution is 0.810. The van der Waals surface area contributed by atoms with Gasteiger partial charge in [-0.25, -0.2) is 0 Å². The van der Waals surface area contributed by atoms with E-state index in [9.17, 15) is 0 Å². The Morgan fingerprint density at radius 2 is 2.12 bits per heavy atom. The Kier molecular flexibility index (Phi) is 5.54. The van der Waals surface area contributed by atoms with Gasteiger partial charge in [-0.1, -0.05) is 50.9 Å². The number of benzene rings is 1. The van der Waals surface area contributed by atoms with Crippen LogP contribution in [0.25, 0.3) is 0 Å². The summed E-state index contributed by atoms with van der Waals surface area (Å²) in [5.74, 6) is 0.517. The topological polar surface area (TPSA) is 12.4 Å². The molecule has 0 spiro atoms.